The number of nitriles is 1. The first-order valence-electron chi connectivity index (χ1n) is 5.55. The molecule has 0 heterocycles. The molecule has 0 atom stereocenters. The monoisotopic (exact) mass is 278 g/mol. The summed E-state index contributed by atoms with van der Waals surface area (Å²) in [6.07, 6.45) is -4.39. The highest BCUT2D eigenvalue weighted by atomic mass is 19.4. The zero-order valence-corrected chi connectivity index (χ0v) is 10.1. The van der Waals surface area contributed by atoms with Crippen LogP contribution in [0, 0.1) is 11.3 Å². The highest BCUT2D eigenvalue weighted by molar-refractivity contribution is 5.63. The molecule has 20 heavy (non-hydrogen) atoms. The largest absolute Gasteiger partial charge is 0.455 e. The van der Waals surface area contributed by atoms with Crippen molar-refractivity contribution in [1.29, 1.82) is 5.26 Å². The molecule has 3 nitrogen and oxygen atoms in total. The fourth-order valence-electron chi connectivity index (χ4n) is 1.57. The molecule has 2 N–H and O–H groups in total. The van der Waals surface area contributed by atoms with E-state index in [0.29, 0.717) is 0 Å². The smallest absolute Gasteiger partial charge is 0.416 e. The van der Waals surface area contributed by atoms with Crippen LogP contribution in [0.3, 0.4) is 0 Å². The number of nitrogens with two attached hydrogens (primary N) is 1. The second kappa shape index (κ2) is 5.13. The highest BCUT2D eigenvalue weighted by Gasteiger charge is 2.30. The number of para-hydroxylation sites is 1. The first-order valence-corrected chi connectivity index (χ1v) is 5.55. The summed E-state index contributed by atoms with van der Waals surface area (Å²) in [6, 6.07) is 10.8. The zero-order chi connectivity index (χ0) is 14.8. The first-order chi connectivity index (χ1) is 9.41. The Balaban J connectivity index is 2.26. The molecular formula is C14H9F3N2O. The summed E-state index contributed by atoms with van der Waals surface area (Å²) in [5.74, 6) is 0.434. The van der Waals surface area contributed by atoms with Gasteiger partial charge < -0.3 is 10.5 Å². The highest BCUT2D eigenvalue weighted by Crippen LogP contribution is 2.33. The molecule has 0 aliphatic rings. The van der Waals surface area contributed by atoms with Gasteiger partial charge in [-0.15, -0.1) is 0 Å². The molecule has 0 spiro atoms. The molecule has 0 aromatic heterocycles. The summed E-state index contributed by atoms with van der Waals surface area (Å²) in [7, 11) is 0. The van der Waals surface area contributed by atoms with Gasteiger partial charge in [-0.1, -0.05) is 6.07 Å². The van der Waals surface area contributed by atoms with Gasteiger partial charge in [0, 0.05) is 0 Å². The van der Waals surface area contributed by atoms with Crippen LogP contribution in [0.15, 0.2) is 42.5 Å². The van der Waals surface area contributed by atoms with Gasteiger partial charge in [0.25, 0.3) is 0 Å². The minimum atomic E-state index is -4.39. The molecule has 2 aromatic rings. The standard InChI is InChI=1S/C14H9F3N2O/c15-14(16,17)10-4-6-11(7-5-10)20-12-3-1-2-9(8-18)13(12)19/h1-7H,19H2. The van der Waals surface area contributed by atoms with Gasteiger partial charge >= 0.3 is 6.18 Å². The van der Waals surface area contributed by atoms with E-state index in [0.717, 1.165) is 12.1 Å². The summed E-state index contributed by atoms with van der Waals surface area (Å²) in [6.45, 7) is 0. The predicted octanol–water partition coefficient (Wildman–Crippen LogP) is 3.95. The molecule has 6 heteroatoms. The van der Waals surface area contributed by atoms with Crippen molar-refractivity contribution in [2.75, 3.05) is 5.73 Å². The molecule has 0 bridgehead atoms. The van der Waals surface area contributed by atoms with Gasteiger partial charge in [-0.05, 0) is 36.4 Å². The van der Waals surface area contributed by atoms with Crippen molar-refractivity contribution in [2.24, 2.45) is 0 Å². The lowest BCUT2D eigenvalue weighted by molar-refractivity contribution is -0.137. The van der Waals surface area contributed by atoms with Crippen molar-refractivity contribution in [2.45, 2.75) is 6.18 Å². The molecule has 0 saturated heterocycles. The summed E-state index contributed by atoms with van der Waals surface area (Å²) in [5, 5.41) is 8.82. The van der Waals surface area contributed by atoms with Crippen molar-refractivity contribution in [3.63, 3.8) is 0 Å². The van der Waals surface area contributed by atoms with E-state index in [4.69, 9.17) is 15.7 Å². The Morgan fingerprint density at radius 2 is 1.70 bits per heavy atom. The van der Waals surface area contributed by atoms with Crippen LogP contribution >= 0.6 is 0 Å². The molecule has 2 aromatic carbocycles. The number of anilines is 1. The van der Waals surface area contributed by atoms with Gasteiger partial charge in [0.1, 0.15) is 11.8 Å². The van der Waals surface area contributed by atoms with Crippen LogP contribution in [0.5, 0.6) is 11.5 Å². The lowest BCUT2D eigenvalue weighted by Crippen LogP contribution is -2.04. The number of hydrogen-bond donors (Lipinski definition) is 1. The van der Waals surface area contributed by atoms with E-state index in [-0.39, 0.29) is 22.7 Å². The second-order valence-corrected chi connectivity index (χ2v) is 3.95. The molecule has 0 unspecified atom stereocenters. The number of benzene rings is 2. The maximum Gasteiger partial charge on any atom is 0.416 e. The van der Waals surface area contributed by atoms with Crippen LogP contribution in [0.25, 0.3) is 0 Å². The normalized spacial score (nSPS) is 10.9. The molecular weight excluding hydrogens is 269 g/mol. The maximum absolute atomic E-state index is 12.4. The fraction of sp³-hybridized carbons (Fsp3) is 0.0714. The molecule has 0 radical (unpaired) electrons. The van der Waals surface area contributed by atoms with E-state index in [1.807, 2.05) is 6.07 Å². The van der Waals surface area contributed by atoms with Gasteiger partial charge in [-0.2, -0.15) is 18.4 Å². The van der Waals surface area contributed by atoms with E-state index < -0.39 is 11.7 Å². The van der Waals surface area contributed by atoms with Crippen molar-refractivity contribution >= 4 is 5.69 Å². The Hall–Kier alpha value is -2.68. The lowest BCUT2D eigenvalue weighted by Gasteiger charge is -2.11. The summed E-state index contributed by atoms with van der Waals surface area (Å²) < 4.78 is 42.6. The Morgan fingerprint density at radius 1 is 1.05 bits per heavy atom. The number of rotatable bonds is 2. The number of hydrogen-bond acceptors (Lipinski definition) is 3. The number of alkyl halides is 3. The number of halogens is 3. The molecule has 0 aliphatic carbocycles. The van der Waals surface area contributed by atoms with Gasteiger partial charge in [0.2, 0.25) is 0 Å². The van der Waals surface area contributed by atoms with E-state index in [1.165, 1.54) is 24.3 Å². The van der Waals surface area contributed by atoms with E-state index >= 15 is 0 Å². The van der Waals surface area contributed by atoms with Gasteiger partial charge in [0.05, 0.1) is 16.8 Å². The van der Waals surface area contributed by atoms with Gasteiger partial charge in [-0.25, -0.2) is 0 Å². The molecule has 0 saturated carbocycles. The van der Waals surface area contributed by atoms with Crippen LogP contribution in [0.1, 0.15) is 11.1 Å². The third-order valence-electron chi connectivity index (χ3n) is 2.60. The van der Waals surface area contributed by atoms with Gasteiger partial charge in [0.15, 0.2) is 5.75 Å². The zero-order valence-electron chi connectivity index (χ0n) is 10.1. The summed E-state index contributed by atoms with van der Waals surface area (Å²) in [4.78, 5) is 0. The SMILES string of the molecule is N#Cc1cccc(Oc2ccc(C(F)(F)F)cc2)c1N. The molecule has 0 fully saturated rings. The predicted molar refractivity (Wildman–Crippen MR) is 67.1 cm³/mol. The third kappa shape index (κ3) is 2.83. The van der Waals surface area contributed by atoms with Crippen LogP contribution < -0.4 is 10.5 Å². The molecule has 0 amide bonds. The number of nitrogen functional groups attached to an aromatic ring is 1. The fourth-order valence-corrected chi connectivity index (χ4v) is 1.57. The van der Waals surface area contributed by atoms with Gasteiger partial charge in [-0.3, -0.25) is 0 Å². The van der Waals surface area contributed by atoms with Crippen molar-refractivity contribution in [3.05, 3.63) is 53.6 Å². The van der Waals surface area contributed by atoms with Crippen LogP contribution in [-0.2, 0) is 6.18 Å². The minimum Gasteiger partial charge on any atom is -0.455 e. The van der Waals surface area contributed by atoms with Crippen molar-refractivity contribution < 1.29 is 17.9 Å². The topological polar surface area (TPSA) is 59.0 Å². The third-order valence-corrected chi connectivity index (χ3v) is 2.60. The van der Waals surface area contributed by atoms with Crippen LogP contribution in [0.4, 0.5) is 18.9 Å². The van der Waals surface area contributed by atoms with Crippen molar-refractivity contribution in [3.8, 4) is 17.6 Å². The Labute approximate surface area is 113 Å². The summed E-state index contributed by atoms with van der Waals surface area (Å²) in [5.41, 5.74) is 5.35. The van der Waals surface area contributed by atoms with Crippen LogP contribution in [0.2, 0.25) is 0 Å². The average Bonchev–Trinajstić information content (AvgIpc) is 2.41. The van der Waals surface area contributed by atoms with E-state index in [1.54, 1.807) is 6.07 Å². The Bertz CT molecular complexity index is 658. The number of nitrogens with zero attached hydrogens (tertiary/aromatic N) is 1. The number of ether oxygens (including phenoxy) is 1. The molecule has 102 valence electrons. The molecule has 0 aliphatic heterocycles. The lowest BCUT2D eigenvalue weighted by atomic mass is 10.2. The Morgan fingerprint density at radius 3 is 2.25 bits per heavy atom. The first kappa shape index (κ1) is 13.7. The Kier molecular flexibility index (Phi) is 3.53. The maximum atomic E-state index is 12.4. The van der Waals surface area contributed by atoms with E-state index in [9.17, 15) is 13.2 Å². The quantitative estimate of drug-likeness (QED) is 0.846. The average molecular weight is 278 g/mol. The molecule has 2 rings (SSSR count). The van der Waals surface area contributed by atoms with Crippen LogP contribution in [-0.4, -0.2) is 0 Å². The minimum absolute atomic E-state index is 0.148. The summed E-state index contributed by atoms with van der Waals surface area (Å²) >= 11 is 0. The van der Waals surface area contributed by atoms with E-state index in [2.05, 4.69) is 0 Å². The van der Waals surface area contributed by atoms with Crippen molar-refractivity contribution in [1.82, 2.24) is 0 Å². The second-order valence-electron chi connectivity index (χ2n) is 3.95.